The third-order valence-corrected chi connectivity index (χ3v) is 3.49. The van der Waals surface area contributed by atoms with Crippen molar-refractivity contribution < 1.29 is 9.47 Å². The van der Waals surface area contributed by atoms with Gasteiger partial charge in [0.2, 0.25) is 17.7 Å². The van der Waals surface area contributed by atoms with Crippen molar-refractivity contribution in [1.82, 2.24) is 9.97 Å². The Morgan fingerprint density at radius 3 is 2.47 bits per heavy atom. The van der Waals surface area contributed by atoms with Gasteiger partial charge in [-0.2, -0.15) is 9.97 Å². The molecule has 0 saturated carbocycles. The van der Waals surface area contributed by atoms with Crippen LogP contribution in [-0.2, 0) is 0 Å². The van der Waals surface area contributed by atoms with Gasteiger partial charge in [0.1, 0.15) is 0 Å². The molecule has 0 spiro atoms. The van der Waals surface area contributed by atoms with E-state index in [1.54, 1.807) is 20.3 Å². The zero-order chi connectivity index (χ0) is 13.7. The molecule has 1 fully saturated rings. The molecule has 19 heavy (non-hydrogen) atoms. The molecule has 1 aromatic heterocycles. The van der Waals surface area contributed by atoms with Gasteiger partial charge in [-0.15, -0.1) is 0 Å². The van der Waals surface area contributed by atoms with Crippen LogP contribution in [0, 0.1) is 0 Å². The first-order valence-electron chi connectivity index (χ1n) is 6.72. The fourth-order valence-electron chi connectivity index (χ4n) is 2.42. The lowest BCUT2D eigenvalue weighted by molar-refractivity contribution is 0.370. The Morgan fingerprint density at radius 1 is 1.21 bits per heavy atom. The molecule has 1 unspecified atom stereocenters. The second-order valence-corrected chi connectivity index (χ2v) is 4.68. The van der Waals surface area contributed by atoms with Gasteiger partial charge in [0, 0.05) is 19.1 Å². The van der Waals surface area contributed by atoms with Crippen LogP contribution < -0.4 is 20.1 Å². The van der Waals surface area contributed by atoms with E-state index in [1.165, 1.54) is 12.8 Å². The van der Waals surface area contributed by atoms with Crippen LogP contribution in [0.4, 0.5) is 5.95 Å². The summed E-state index contributed by atoms with van der Waals surface area (Å²) < 4.78 is 10.4. The van der Waals surface area contributed by atoms with Crippen molar-refractivity contribution in [3.8, 4) is 11.8 Å². The van der Waals surface area contributed by atoms with Gasteiger partial charge in [0.25, 0.3) is 0 Å². The van der Waals surface area contributed by atoms with E-state index in [2.05, 4.69) is 14.9 Å². The van der Waals surface area contributed by atoms with E-state index in [1.807, 2.05) is 0 Å². The SMILES string of the molecule is COc1cc(OC)nc(N2CCCCCC2CN)n1. The number of anilines is 1. The molecule has 2 N–H and O–H groups in total. The van der Waals surface area contributed by atoms with Crippen LogP contribution in [0.5, 0.6) is 11.8 Å². The second-order valence-electron chi connectivity index (χ2n) is 4.68. The van der Waals surface area contributed by atoms with E-state index in [0.29, 0.717) is 30.3 Å². The fraction of sp³-hybridized carbons (Fsp3) is 0.692. The first-order valence-corrected chi connectivity index (χ1v) is 6.72. The maximum absolute atomic E-state index is 5.88. The number of nitrogens with two attached hydrogens (primary N) is 1. The van der Waals surface area contributed by atoms with E-state index in [4.69, 9.17) is 15.2 Å². The number of hydrogen-bond donors (Lipinski definition) is 1. The van der Waals surface area contributed by atoms with Crippen LogP contribution in [0.2, 0.25) is 0 Å². The van der Waals surface area contributed by atoms with Crippen molar-refractivity contribution in [2.45, 2.75) is 31.7 Å². The largest absolute Gasteiger partial charge is 0.481 e. The summed E-state index contributed by atoms with van der Waals surface area (Å²) in [6.07, 6.45) is 4.66. The van der Waals surface area contributed by atoms with Crippen molar-refractivity contribution >= 4 is 5.95 Å². The lowest BCUT2D eigenvalue weighted by atomic mass is 10.1. The molecular weight excluding hydrogens is 244 g/mol. The van der Waals surface area contributed by atoms with Gasteiger partial charge >= 0.3 is 0 Å². The molecule has 0 aromatic carbocycles. The molecule has 106 valence electrons. The smallest absolute Gasteiger partial charge is 0.232 e. The number of ether oxygens (including phenoxy) is 2. The number of aromatic nitrogens is 2. The van der Waals surface area contributed by atoms with Gasteiger partial charge in [-0.1, -0.05) is 12.8 Å². The first-order chi connectivity index (χ1) is 9.28. The Hall–Kier alpha value is -1.56. The normalized spacial score (nSPS) is 19.9. The Balaban J connectivity index is 2.31. The van der Waals surface area contributed by atoms with E-state index in [9.17, 15) is 0 Å². The Kier molecular flexibility index (Phi) is 4.79. The summed E-state index contributed by atoms with van der Waals surface area (Å²) in [4.78, 5) is 11.0. The number of methoxy groups -OCH3 is 2. The lowest BCUT2D eigenvalue weighted by Gasteiger charge is -2.29. The molecule has 0 radical (unpaired) electrons. The molecule has 1 saturated heterocycles. The summed E-state index contributed by atoms with van der Waals surface area (Å²) in [5.74, 6) is 1.68. The lowest BCUT2D eigenvalue weighted by Crippen LogP contribution is -2.41. The predicted molar refractivity (Wildman–Crippen MR) is 73.8 cm³/mol. The van der Waals surface area contributed by atoms with Gasteiger partial charge < -0.3 is 20.1 Å². The highest BCUT2D eigenvalue weighted by Crippen LogP contribution is 2.25. The molecule has 2 heterocycles. The van der Waals surface area contributed by atoms with E-state index in [0.717, 1.165) is 19.4 Å². The van der Waals surface area contributed by atoms with Gasteiger partial charge in [-0.25, -0.2) is 0 Å². The van der Waals surface area contributed by atoms with Gasteiger partial charge in [-0.3, -0.25) is 0 Å². The van der Waals surface area contributed by atoms with Gasteiger partial charge in [0.15, 0.2) is 0 Å². The monoisotopic (exact) mass is 266 g/mol. The van der Waals surface area contributed by atoms with Crippen molar-refractivity contribution in [2.75, 3.05) is 32.2 Å². The molecule has 6 nitrogen and oxygen atoms in total. The topological polar surface area (TPSA) is 73.5 Å². The zero-order valence-corrected chi connectivity index (χ0v) is 11.6. The first kappa shape index (κ1) is 13.9. The number of hydrogen-bond acceptors (Lipinski definition) is 6. The van der Waals surface area contributed by atoms with E-state index >= 15 is 0 Å². The molecule has 1 aliphatic heterocycles. The standard InChI is InChI=1S/C13H22N4O2/c1-18-11-8-12(19-2)16-13(15-11)17-7-5-3-4-6-10(17)9-14/h8,10H,3-7,9,14H2,1-2H3. The molecular formula is C13H22N4O2. The van der Waals surface area contributed by atoms with Crippen LogP contribution >= 0.6 is 0 Å². The van der Waals surface area contributed by atoms with Gasteiger partial charge in [0.05, 0.1) is 20.3 Å². The quantitative estimate of drug-likeness (QED) is 0.882. The van der Waals surface area contributed by atoms with Gasteiger partial charge in [-0.05, 0) is 12.8 Å². The van der Waals surface area contributed by atoms with Crippen molar-refractivity contribution in [3.05, 3.63) is 6.07 Å². The Morgan fingerprint density at radius 2 is 1.89 bits per heavy atom. The van der Waals surface area contributed by atoms with Crippen molar-refractivity contribution in [2.24, 2.45) is 5.73 Å². The molecule has 1 aromatic rings. The Bertz CT molecular complexity index is 391. The van der Waals surface area contributed by atoms with Crippen LogP contribution in [0.3, 0.4) is 0 Å². The average molecular weight is 266 g/mol. The molecule has 1 atom stereocenters. The maximum Gasteiger partial charge on any atom is 0.232 e. The minimum atomic E-state index is 0.291. The van der Waals surface area contributed by atoms with Crippen LogP contribution in [0.25, 0.3) is 0 Å². The Labute approximate surface area is 113 Å². The van der Waals surface area contributed by atoms with Crippen LogP contribution in [-0.4, -0.2) is 43.3 Å². The van der Waals surface area contributed by atoms with Crippen molar-refractivity contribution in [1.29, 1.82) is 0 Å². The molecule has 6 heteroatoms. The number of rotatable bonds is 4. The average Bonchev–Trinajstić information content (AvgIpc) is 2.71. The van der Waals surface area contributed by atoms with Crippen LogP contribution in [0.15, 0.2) is 6.07 Å². The van der Waals surface area contributed by atoms with Crippen LogP contribution in [0.1, 0.15) is 25.7 Å². The second kappa shape index (κ2) is 6.56. The zero-order valence-electron chi connectivity index (χ0n) is 11.6. The summed E-state index contributed by atoms with van der Waals surface area (Å²) >= 11 is 0. The summed E-state index contributed by atoms with van der Waals surface area (Å²) in [7, 11) is 3.18. The van der Waals surface area contributed by atoms with E-state index in [-0.39, 0.29) is 0 Å². The number of nitrogens with zero attached hydrogens (tertiary/aromatic N) is 3. The highest BCUT2D eigenvalue weighted by atomic mass is 16.5. The summed E-state index contributed by atoms with van der Waals surface area (Å²) in [6, 6.07) is 1.97. The minimum Gasteiger partial charge on any atom is -0.481 e. The summed E-state index contributed by atoms with van der Waals surface area (Å²) in [5, 5.41) is 0. The molecule has 2 rings (SSSR count). The third kappa shape index (κ3) is 3.26. The fourth-order valence-corrected chi connectivity index (χ4v) is 2.42. The summed E-state index contributed by atoms with van der Waals surface area (Å²) in [6.45, 7) is 1.54. The predicted octanol–water partition coefficient (Wildman–Crippen LogP) is 1.20. The highest BCUT2D eigenvalue weighted by Gasteiger charge is 2.23. The third-order valence-electron chi connectivity index (χ3n) is 3.49. The highest BCUT2D eigenvalue weighted by molar-refractivity contribution is 5.38. The molecule has 0 amide bonds. The molecule has 1 aliphatic rings. The van der Waals surface area contributed by atoms with Crippen molar-refractivity contribution in [3.63, 3.8) is 0 Å². The molecule has 0 aliphatic carbocycles. The van der Waals surface area contributed by atoms with E-state index < -0.39 is 0 Å². The maximum atomic E-state index is 5.88. The summed E-state index contributed by atoms with van der Waals surface area (Å²) in [5.41, 5.74) is 5.88. The minimum absolute atomic E-state index is 0.291. The molecule has 0 bridgehead atoms.